The lowest BCUT2D eigenvalue weighted by molar-refractivity contribution is 0.428. The van der Waals surface area contributed by atoms with Gasteiger partial charge in [-0.3, -0.25) is 0 Å². The highest BCUT2D eigenvalue weighted by Crippen LogP contribution is 2.19. The quantitative estimate of drug-likeness (QED) is 0.727. The predicted molar refractivity (Wildman–Crippen MR) is 81.5 cm³/mol. The Labute approximate surface area is 122 Å². The summed E-state index contributed by atoms with van der Waals surface area (Å²) in [6.07, 6.45) is 3.57. The largest absolute Gasteiger partial charge is 0.396 e. The van der Waals surface area contributed by atoms with Gasteiger partial charge in [0.15, 0.2) is 0 Å². The summed E-state index contributed by atoms with van der Waals surface area (Å²) >= 11 is 3.28. The number of sulfonamides is 1. The van der Waals surface area contributed by atoms with E-state index >= 15 is 0 Å². The molecule has 6 nitrogen and oxygen atoms in total. The van der Waals surface area contributed by atoms with Gasteiger partial charge in [-0.25, -0.2) is 17.7 Å². The Morgan fingerprint density at radius 2 is 2.21 bits per heavy atom. The number of halogens is 1. The van der Waals surface area contributed by atoms with E-state index in [1.165, 1.54) is 10.6 Å². The Kier molecular flexibility index (Phi) is 6.02. The first-order chi connectivity index (χ1) is 8.84. The molecule has 0 amide bonds. The number of anilines is 2. The molecule has 1 aromatic heterocycles. The molecule has 1 aromatic rings. The molecule has 0 bridgehead atoms. The average molecular weight is 351 g/mol. The van der Waals surface area contributed by atoms with Crippen molar-refractivity contribution in [3.63, 3.8) is 0 Å². The molecule has 8 heteroatoms. The van der Waals surface area contributed by atoms with Crippen molar-refractivity contribution >= 4 is 37.5 Å². The second-order valence-electron chi connectivity index (χ2n) is 4.13. The SMILES string of the molecule is CCN(CCCNc1ncc(Br)cc1N)S(C)(=O)=O. The Bertz CT molecular complexity index is 521. The number of nitrogen functional groups attached to an aromatic ring is 1. The first-order valence-corrected chi connectivity index (χ1v) is 8.58. The van der Waals surface area contributed by atoms with Gasteiger partial charge >= 0.3 is 0 Å². The number of rotatable bonds is 7. The molecular formula is C11H19BrN4O2S. The minimum Gasteiger partial charge on any atom is -0.396 e. The van der Waals surface area contributed by atoms with Crippen molar-refractivity contribution in [1.29, 1.82) is 0 Å². The van der Waals surface area contributed by atoms with Crippen molar-refractivity contribution in [2.75, 3.05) is 36.9 Å². The third-order valence-corrected chi connectivity index (χ3v) is 4.39. The van der Waals surface area contributed by atoms with Crippen molar-refractivity contribution in [3.05, 3.63) is 16.7 Å². The molecular weight excluding hydrogens is 332 g/mol. The molecule has 0 aliphatic rings. The fraction of sp³-hybridized carbons (Fsp3) is 0.545. The van der Waals surface area contributed by atoms with Crippen LogP contribution in [0, 0.1) is 0 Å². The van der Waals surface area contributed by atoms with E-state index in [9.17, 15) is 8.42 Å². The van der Waals surface area contributed by atoms with Gasteiger partial charge < -0.3 is 11.1 Å². The lowest BCUT2D eigenvalue weighted by atomic mass is 10.3. The maximum Gasteiger partial charge on any atom is 0.211 e. The molecule has 0 unspecified atom stereocenters. The third-order valence-electron chi connectivity index (χ3n) is 2.58. The van der Waals surface area contributed by atoms with Crippen LogP contribution in [0.1, 0.15) is 13.3 Å². The van der Waals surface area contributed by atoms with Gasteiger partial charge in [-0.15, -0.1) is 0 Å². The van der Waals surface area contributed by atoms with Crippen molar-refractivity contribution in [3.8, 4) is 0 Å². The zero-order chi connectivity index (χ0) is 14.5. The van der Waals surface area contributed by atoms with Crippen molar-refractivity contribution in [2.45, 2.75) is 13.3 Å². The molecule has 1 rings (SSSR count). The summed E-state index contributed by atoms with van der Waals surface area (Å²) in [7, 11) is -3.11. The smallest absolute Gasteiger partial charge is 0.211 e. The number of hydrogen-bond donors (Lipinski definition) is 2. The van der Waals surface area contributed by atoms with Crippen LogP contribution in [0.5, 0.6) is 0 Å². The zero-order valence-corrected chi connectivity index (χ0v) is 13.5. The van der Waals surface area contributed by atoms with Gasteiger partial charge in [-0.2, -0.15) is 0 Å². The van der Waals surface area contributed by atoms with E-state index in [1.54, 1.807) is 12.3 Å². The standard InChI is InChI=1S/C11H19BrN4O2S/c1-3-16(19(2,17)18)6-4-5-14-11-10(13)7-9(12)8-15-11/h7-8H,3-6,13H2,1-2H3,(H,14,15). The summed E-state index contributed by atoms with van der Waals surface area (Å²) in [6.45, 7) is 3.41. The van der Waals surface area contributed by atoms with Gasteiger partial charge in [0, 0.05) is 30.3 Å². The van der Waals surface area contributed by atoms with E-state index in [4.69, 9.17) is 5.73 Å². The number of nitrogens with zero attached hydrogens (tertiary/aromatic N) is 2. The normalized spacial score (nSPS) is 11.8. The van der Waals surface area contributed by atoms with E-state index < -0.39 is 10.0 Å². The van der Waals surface area contributed by atoms with E-state index in [-0.39, 0.29) is 0 Å². The molecule has 0 saturated heterocycles. The van der Waals surface area contributed by atoms with Crippen LogP contribution in [0.4, 0.5) is 11.5 Å². The average Bonchev–Trinajstić information content (AvgIpc) is 2.29. The molecule has 0 aliphatic heterocycles. The highest BCUT2D eigenvalue weighted by Gasteiger charge is 2.13. The van der Waals surface area contributed by atoms with Crippen LogP contribution in [0.2, 0.25) is 0 Å². The Morgan fingerprint density at radius 3 is 2.74 bits per heavy atom. The summed E-state index contributed by atoms with van der Waals surface area (Å²) in [5, 5.41) is 3.09. The topological polar surface area (TPSA) is 88.3 Å². The molecule has 1 heterocycles. The molecule has 0 fully saturated rings. The Balaban J connectivity index is 2.42. The minimum absolute atomic E-state index is 0.484. The molecule has 19 heavy (non-hydrogen) atoms. The Morgan fingerprint density at radius 1 is 1.53 bits per heavy atom. The number of nitrogens with two attached hydrogens (primary N) is 1. The Hall–Kier alpha value is -0.860. The molecule has 108 valence electrons. The summed E-state index contributed by atoms with van der Waals surface area (Å²) < 4.78 is 25.0. The van der Waals surface area contributed by atoms with Gasteiger partial charge in [0.2, 0.25) is 10.0 Å². The van der Waals surface area contributed by atoms with Gasteiger partial charge in [-0.1, -0.05) is 6.92 Å². The number of pyridine rings is 1. The molecule has 0 aromatic carbocycles. The van der Waals surface area contributed by atoms with E-state index in [2.05, 4.69) is 26.2 Å². The number of aromatic nitrogens is 1. The lowest BCUT2D eigenvalue weighted by Crippen LogP contribution is -2.31. The summed E-state index contributed by atoms with van der Waals surface area (Å²) in [6, 6.07) is 1.77. The van der Waals surface area contributed by atoms with Crippen LogP contribution in [0.3, 0.4) is 0 Å². The molecule has 3 N–H and O–H groups in total. The maximum absolute atomic E-state index is 11.4. The summed E-state index contributed by atoms with van der Waals surface area (Å²) in [5.41, 5.74) is 6.36. The van der Waals surface area contributed by atoms with Gasteiger partial charge in [0.05, 0.1) is 11.9 Å². The van der Waals surface area contributed by atoms with Crippen molar-refractivity contribution in [1.82, 2.24) is 9.29 Å². The van der Waals surface area contributed by atoms with Crippen molar-refractivity contribution in [2.24, 2.45) is 0 Å². The van der Waals surface area contributed by atoms with Crippen LogP contribution in [-0.2, 0) is 10.0 Å². The van der Waals surface area contributed by atoms with E-state index in [0.29, 0.717) is 37.6 Å². The lowest BCUT2D eigenvalue weighted by Gasteiger charge is -2.17. The monoisotopic (exact) mass is 350 g/mol. The van der Waals surface area contributed by atoms with E-state index in [1.807, 2.05) is 6.92 Å². The molecule has 0 atom stereocenters. The van der Waals surface area contributed by atoms with Gasteiger partial charge in [-0.05, 0) is 28.4 Å². The first-order valence-electron chi connectivity index (χ1n) is 5.94. The summed E-state index contributed by atoms with van der Waals surface area (Å²) in [5.74, 6) is 0.616. The molecule has 0 aliphatic carbocycles. The summed E-state index contributed by atoms with van der Waals surface area (Å²) in [4.78, 5) is 4.15. The minimum atomic E-state index is -3.11. The number of hydrogen-bond acceptors (Lipinski definition) is 5. The maximum atomic E-state index is 11.4. The molecule has 0 radical (unpaired) electrons. The highest BCUT2D eigenvalue weighted by molar-refractivity contribution is 9.10. The second-order valence-corrected chi connectivity index (χ2v) is 7.02. The molecule has 0 spiro atoms. The third kappa shape index (κ3) is 5.33. The second kappa shape index (κ2) is 7.06. The van der Waals surface area contributed by atoms with Crippen LogP contribution in [-0.4, -0.2) is 43.6 Å². The predicted octanol–water partition coefficient (Wildman–Crippen LogP) is 1.51. The van der Waals surface area contributed by atoms with Crippen LogP contribution < -0.4 is 11.1 Å². The van der Waals surface area contributed by atoms with Crippen LogP contribution in [0.25, 0.3) is 0 Å². The fourth-order valence-electron chi connectivity index (χ4n) is 1.62. The van der Waals surface area contributed by atoms with Crippen LogP contribution >= 0.6 is 15.9 Å². The fourth-order valence-corrected chi connectivity index (χ4v) is 2.90. The number of nitrogens with one attached hydrogen (secondary N) is 1. The highest BCUT2D eigenvalue weighted by atomic mass is 79.9. The van der Waals surface area contributed by atoms with Gasteiger partial charge in [0.25, 0.3) is 0 Å². The first kappa shape index (κ1) is 16.2. The molecule has 0 saturated carbocycles. The zero-order valence-electron chi connectivity index (χ0n) is 11.1. The van der Waals surface area contributed by atoms with E-state index in [0.717, 1.165) is 4.47 Å². The van der Waals surface area contributed by atoms with Crippen molar-refractivity contribution < 1.29 is 8.42 Å². The van der Waals surface area contributed by atoms with Gasteiger partial charge in [0.1, 0.15) is 5.82 Å². The van der Waals surface area contributed by atoms with Crippen LogP contribution in [0.15, 0.2) is 16.7 Å².